The van der Waals surface area contributed by atoms with Crippen molar-refractivity contribution in [2.24, 2.45) is 0 Å². The van der Waals surface area contributed by atoms with Gasteiger partial charge >= 0.3 is 0 Å². The summed E-state index contributed by atoms with van der Waals surface area (Å²) in [6, 6.07) is 14.8. The predicted octanol–water partition coefficient (Wildman–Crippen LogP) is 6.41. The topological polar surface area (TPSA) is 69.7 Å². The molecule has 1 unspecified atom stereocenters. The fourth-order valence-corrected chi connectivity index (χ4v) is 7.60. The summed E-state index contributed by atoms with van der Waals surface area (Å²) in [4.78, 5) is 27.8. The van der Waals surface area contributed by atoms with Gasteiger partial charge in [-0.15, -0.1) is 0 Å². The molecular formula is C24H21BrClO5P. The fourth-order valence-electron chi connectivity index (χ4n) is 3.61. The van der Waals surface area contributed by atoms with E-state index in [0.717, 1.165) is 0 Å². The van der Waals surface area contributed by atoms with Gasteiger partial charge in [-0.25, -0.2) is 0 Å². The molecule has 166 valence electrons. The number of benzene rings is 3. The number of carbonyl (C=O) groups excluding carboxylic acids is 2. The second-order valence-electron chi connectivity index (χ2n) is 7.11. The Morgan fingerprint density at radius 2 is 1.44 bits per heavy atom. The number of methoxy groups -OCH3 is 2. The number of rotatable bonds is 7. The third-order valence-electron chi connectivity index (χ3n) is 5.13. The van der Waals surface area contributed by atoms with E-state index in [1.165, 1.54) is 32.4 Å². The maximum atomic E-state index is 14.8. The molecule has 0 fully saturated rings. The zero-order valence-electron chi connectivity index (χ0n) is 17.9. The van der Waals surface area contributed by atoms with Crippen LogP contribution in [0.15, 0.2) is 59.1 Å². The normalized spacial score (nSPS) is 12.7. The molecular weight excluding hydrogens is 515 g/mol. The minimum absolute atomic E-state index is 0.0427. The molecule has 0 bridgehead atoms. The number of carbonyl (C=O) groups is 2. The van der Waals surface area contributed by atoms with Crippen LogP contribution in [0.2, 0.25) is 5.02 Å². The van der Waals surface area contributed by atoms with Gasteiger partial charge in [-0.1, -0.05) is 60.1 Å². The lowest BCUT2D eigenvalue weighted by atomic mass is 10.0. The summed E-state index contributed by atoms with van der Waals surface area (Å²) >= 11 is 9.72. The Bertz CT molecular complexity index is 1210. The maximum absolute atomic E-state index is 14.8. The lowest BCUT2D eigenvalue weighted by molar-refractivity contribution is 0.104. The van der Waals surface area contributed by atoms with Crippen molar-refractivity contribution in [3.05, 3.63) is 86.3 Å². The molecule has 0 saturated heterocycles. The van der Waals surface area contributed by atoms with Crippen LogP contribution in [0.1, 0.15) is 31.8 Å². The van der Waals surface area contributed by atoms with Crippen LogP contribution in [-0.2, 0) is 4.57 Å². The van der Waals surface area contributed by atoms with Crippen LogP contribution in [0.3, 0.4) is 0 Å². The van der Waals surface area contributed by atoms with E-state index in [1.807, 2.05) is 0 Å². The van der Waals surface area contributed by atoms with Crippen molar-refractivity contribution in [3.8, 4) is 11.5 Å². The average Bonchev–Trinajstić information content (AvgIpc) is 2.78. The second kappa shape index (κ2) is 9.62. The third-order valence-corrected chi connectivity index (χ3v) is 8.66. The first-order chi connectivity index (χ1) is 15.2. The van der Waals surface area contributed by atoms with E-state index in [2.05, 4.69) is 15.9 Å². The predicted molar refractivity (Wildman–Crippen MR) is 131 cm³/mol. The van der Waals surface area contributed by atoms with Crippen molar-refractivity contribution >= 4 is 51.0 Å². The summed E-state index contributed by atoms with van der Waals surface area (Å²) in [7, 11) is -1.86. The largest absolute Gasteiger partial charge is 0.495 e. The Hall–Kier alpha value is -2.40. The Morgan fingerprint density at radius 1 is 0.875 bits per heavy atom. The monoisotopic (exact) mass is 534 g/mol. The van der Waals surface area contributed by atoms with Crippen LogP contribution in [0.4, 0.5) is 0 Å². The van der Waals surface area contributed by atoms with E-state index < -0.39 is 18.2 Å². The summed E-state index contributed by atoms with van der Waals surface area (Å²) in [6.07, 6.45) is 0. The molecule has 0 aliphatic carbocycles. The van der Waals surface area contributed by atoms with E-state index >= 15 is 0 Å². The summed E-state index contributed by atoms with van der Waals surface area (Å²) in [6.45, 7) is 3.47. The molecule has 0 aromatic heterocycles. The molecule has 32 heavy (non-hydrogen) atoms. The Balaban J connectivity index is 2.47. The van der Waals surface area contributed by atoms with Gasteiger partial charge in [-0.05, 0) is 47.0 Å². The van der Waals surface area contributed by atoms with Gasteiger partial charge < -0.3 is 14.0 Å². The molecule has 0 aliphatic heterocycles. The summed E-state index contributed by atoms with van der Waals surface area (Å²) < 4.78 is 26.1. The fraction of sp³-hybridized carbons (Fsp3) is 0.167. The van der Waals surface area contributed by atoms with Crippen LogP contribution in [-0.4, -0.2) is 25.3 Å². The number of aryl methyl sites for hydroxylation is 2. The molecule has 1 atom stereocenters. The minimum atomic E-state index is -4.56. The van der Waals surface area contributed by atoms with Crippen LogP contribution in [0.25, 0.3) is 0 Å². The van der Waals surface area contributed by atoms with Crippen LogP contribution in [0, 0.1) is 13.8 Å². The highest BCUT2D eigenvalue weighted by molar-refractivity contribution is 9.10. The van der Waals surface area contributed by atoms with E-state index in [9.17, 15) is 14.2 Å². The van der Waals surface area contributed by atoms with Gasteiger partial charge in [0, 0.05) is 11.1 Å². The molecule has 0 spiro atoms. The zero-order chi connectivity index (χ0) is 23.6. The number of halogens is 2. The first kappa shape index (κ1) is 24.2. The third kappa shape index (κ3) is 4.03. The number of hydrogen-bond donors (Lipinski definition) is 0. The van der Waals surface area contributed by atoms with Gasteiger partial charge in [0.25, 0.3) is 7.14 Å². The molecule has 3 aromatic carbocycles. The molecule has 0 N–H and O–H groups in total. The van der Waals surface area contributed by atoms with E-state index in [4.69, 9.17) is 21.1 Å². The number of ether oxygens (including phenoxy) is 2. The maximum Gasteiger partial charge on any atom is 0.256 e. The van der Waals surface area contributed by atoms with Crippen molar-refractivity contribution in [1.29, 1.82) is 0 Å². The van der Waals surface area contributed by atoms with Crippen molar-refractivity contribution < 1.29 is 23.6 Å². The van der Waals surface area contributed by atoms with Gasteiger partial charge in [0.1, 0.15) is 11.1 Å². The van der Waals surface area contributed by atoms with Crippen molar-refractivity contribution in [2.45, 2.75) is 13.8 Å². The molecule has 0 aliphatic rings. The smallest absolute Gasteiger partial charge is 0.256 e. The van der Waals surface area contributed by atoms with E-state index in [-0.39, 0.29) is 33.0 Å². The van der Waals surface area contributed by atoms with Crippen molar-refractivity contribution in [1.82, 2.24) is 0 Å². The molecule has 0 saturated carbocycles. The first-order valence-corrected chi connectivity index (χ1v) is 12.5. The standard InChI is InChI=1S/C24H21BrClO5P/c1-14-9-8-10-15(2)19(14)24(28)32(29,23(27)16-11-6-5-7-12-16)22-20(30-3)17(25)13-18(26)21(22)31-4/h5-13H,1-4H3. The summed E-state index contributed by atoms with van der Waals surface area (Å²) in [5.74, 6) is 0.0115. The highest BCUT2D eigenvalue weighted by Gasteiger charge is 2.48. The van der Waals surface area contributed by atoms with Gasteiger partial charge in [-0.3, -0.25) is 9.59 Å². The molecule has 3 aromatic rings. The molecule has 3 rings (SSSR count). The second-order valence-corrected chi connectivity index (χ2v) is 10.8. The van der Waals surface area contributed by atoms with Crippen LogP contribution in [0.5, 0.6) is 11.5 Å². The van der Waals surface area contributed by atoms with Gasteiger partial charge in [0.15, 0.2) is 5.75 Å². The number of hydrogen-bond acceptors (Lipinski definition) is 5. The summed E-state index contributed by atoms with van der Waals surface area (Å²) in [5.41, 5.74) is -0.0505. The van der Waals surface area contributed by atoms with Gasteiger partial charge in [0.2, 0.25) is 11.0 Å². The Morgan fingerprint density at radius 3 is 1.97 bits per heavy atom. The van der Waals surface area contributed by atoms with Gasteiger partial charge in [-0.2, -0.15) is 0 Å². The molecule has 0 amide bonds. The molecule has 8 heteroatoms. The quantitative estimate of drug-likeness (QED) is 0.327. The Kier molecular flexibility index (Phi) is 7.29. The molecule has 0 heterocycles. The Labute approximate surface area is 200 Å². The highest BCUT2D eigenvalue weighted by Crippen LogP contribution is 2.57. The zero-order valence-corrected chi connectivity index (χ0v) is 21.2. The highest BCUT2D eigenvalue weighted by atomic mass is 79.9. The van der Waals surface area contributed by atoms with Crippen molar-refractivity contribution in [2.75, 3.05) is 14.2 Å². The van der Waals surface area contributed by atoms with Crippen LogP contribution < -0.4 is 14.8 Å². The van der Waals surface area contributed by atoms with Gasteiger partial charge in [0.05, 0.1) is 23.7 Å². The van der Waals surface area contributed by atoms with Crippen molar-refractivity contribution in [3.63, 3.8) is 0 Å². The minimum Gasteiger partial charge on any atom is -0.495 e. The first-order valence-electron chi connectivity index (χ1n) is 9.60. The van der Waals surface area contributed by atoms with E-state index in [1.54, 1.807) is 50.2 Å². The molecule has 5 nitrogen and oxygen atoms in total. The lowest BCUT2D eigenvalue weighted by Crippen LogP contribution is -2.25. The summed E-state index contributed by atoms with van der Waals surface area (Å²) in [5, 5.41) is -0.0750. The average molecular weight is 536 g/mol. The lowest BCUT2D eigenvalue weighted by Gasteiger charge is -2.24. The van der Waals surface area contributed by atoms with E-state index in [0.29, 0.717) is 15.6 Å². The van der Waals surface area contributed by atoms with Crippen LogP contribution >= 0.6 is 34.7 Å². The molecule has 0 radical (unpaired) electrons. The SMILES string of the molecule is COc1c(Cl)cc(Br)c(OC)c1P(=O)(C(=O)c1ccccc1)C(=O)c1c(C)cccc1C.